The minimum atomic E-state index is 0.0994. The van der Waals surface area contributed by atoms with Crippen LogP contribution in [0.25, 0.3) is 0 Å². The highest BCUT2D eigenvalue weighted by atomic mass is 16.3. The van der Waals surface area contributed by atoms with Crippen molar-refractivity contribution in [2.24, 2.45) is 0 Å². The maximum absolute atomic E-state index is 8.79. The van der Waals surface area contributed by atoms with Gasteiger partial charge in [-0.25, -0.2) is 4.68 Å². The van der Waals surface area contributed by atoms with Gasteiger partial charge in [-0.05, 0) is 32.9 Å². The molecule has 2 heterocycles. The summed E-state index contributed by atoms with van der Waals surface area (Å²) in [4.78, 5) is 2.52. The Bertz CT molecular complexity index is 348. The minimum Gasteiger partial charge on any atom is -0.394 e. The predicted molar refractivity (Wildman–Crippen MR) is 69.1 cm³/mol. The number of hydrogen-bond acceptors (Lipinski definition) is 5. The Morgan fingerprint density at radius 2 is 2.22 bits per heavy atom. The van der Waals surface area contributed by atoms with Crippen molar-refractivity contribution in [2.75, 3.05) is 26.2 Å². The number of aliphatic hydroxyl groups is 1. The lowest BCUT2D eigenvalue weighted by Gasteiger charge is -2.23. The van der Waals surface area contributed by atoms with E-state index in [0.717, 1.165) is 18.8 Å². The van der Waals surface area contributed by atoms with E-state index >= 15 is 0 Å². The number of nitrogens with zero attached hydrogens (tertiary/aromatic N) is 4. The lowest BCUT2D eigenvalue weighted by molar-refractivity contribution is 0.251. The molecule has 1 saturated heterocycles. The molecular weight excluding hydrogens is 230 g/mol. The van der Waals surface area contributed by atoms with Gasteiger partial charge < -0.3 is 10.4 Å². The molecule has 0 aromatic carbocycles. The highest BCUT2D eigenvalue weighted by Crippen LogP contribution is 2.10. The van der Waals surface area contributed by atoms with Crippen LogP contribution in [0.4, 0.5) is 0 Å². The lowest BCUT2D eigenvalue weighted by atomic mass is 10.3. The molecule has 1 unspecified atom stereocenters. The van der Waals surface area contributed by atoms with E-state index in [2.05, 4.69) is 27.5 Å². The SMILES string of the molecule is CC(CNCc1cn(CCO)nn1)N1CCCC1. The van der Waals surface area contributed by atoms with Crippen LogP contribution in [0.2, 0.25) is 0 Å². The van der Waals surface area contributed by atoms with E-state index in [9.17, 15) is 0 Å². The molecule has 0 spiro atoms. The highest BCUT2D eigenvalue weighted by Gasteiger charge is 2.17. The molecule has 2 N–H and O–H groups in total. The van der Waals surface area contributed by atoms with Gasteiger partial charge in [0.05, 0.1) is 18.8 Å². The monoisotopic (exact) mass is 253 g/mol. The van der Waals surface area contributed by atoms with E-state index < -0.39 is 0 Å². The van der Waals surface area contributed by atoms with E-state index in [1.54, 1.807) is 4.68 Å². The Morgan fingerprint density at radius 1 is 1.44 bits per heavy atom. The molecule has 1 aromatic heterocycles. The van der Waals surface area contributed by atoms with Crippen molar-refractivity contribution in [2.45, 2.75) is 38.9 Å². The molecule has 1 aliphatic heterocycles. The third kappa shape index (κ3) is 3.76. The molecule has 0 aliphatic carbocycles. The lowest BCUT2D eigenvalue weighted by Crippen LogP contribution is -2.38. The quantitative estimate of drug-likeness (QED) is 0.707. The normalized spacial score (nSPS) is 18.3. The van der Waals surface area contributed by atoms with Crippen LogP contribution in [0, 0.1) is 0 Å². The highest BCUT2D eigenvalue weighted by molar-refractivity contribution is 4.91. The molecule has 1 aliphatic rings. The fourth-order valence-electron chi connectivity index (χ4n) is 2.35. The Morgan fingerprint density at radius 3 is 2.94 bits per heavy atom. The summed E-state index contributed by atoms with van der Waals surface area (Å²) in [5.41, 5.74) is 0.928. The Kier molecular flexibility index (Phi) is 5.10. The van der Waals surface area contributed by atoms with Crippen molar-refractivity contribution in [1.29, 1.82) is 0 Å². The second-order valence-corrected chi connectivity index (χ2v) is 4.92. The average molecular weight is 253 g/mol. The number of aromatic nitrogens is 3. The zero-order valence-corrected chi connectivity index (χ0v) is 11.0. The van der Waals surface area contributed by atoms with Gasteiger partial charge in [0.15, 0.2) is 0 Å². The average Bonchev–Trinajstić information content (AvgIpc) is 3.00. The first-order valence-corrected chi connectivity index (χ1v) is 6.74. The van der Waals surface area contributed by atoms with Crippen molar-refractivity contribution < 1.29 is 5.11 Å². The Balaban J connectivity index is 1.67. The fraction of sp³-hybridized carbons (Fsp3) is 0.833. The van der Waals surface area contributed by atoms with Gasteiger partial charge in [-0.15, -0.1) is 5.10 Å². The molecule has 18 heavy (non-hydrogen) atoms. The maximum Gasteiger partial charge on any atom is 0.0964 e. The van der Waals surface area contributed by atoms with Crippen LogP contribution in [0.5, 0.6) is 0 Å². The smallest absolute Gasteiger partial charge is 0.0964 e. The molecule has 6 heteroatoms. The van der Waals surface area contributed by atoms with Gasteiger partial charge in [0.1, 0.15) is 0 Å². The molecule has 6 nitrogen and oxygen atoms in total. The molecular formula is C12H23N5O. The standard InChI is InChI=1S/C12H23N5O/c1-11(16-4-2-3-5-16)8-13-9-12-10-17(6-7-18)15-14-12/h10-11,13,18H,2-9H2,1H3. The maximum atomic E-state index is 8.79. The van der Waals surface area contributed by atoms with E-state index in [1.807, 2.05) is 6.20 Å². The molecule has 0 bridgehead atoms. The van der Waals surface area contributed by atoms with E-state index in [4.69, 9.17) is 5.11 Å². The first kappa shape index (κ1) is 13.5. The third-order valence-corrected chi connectivity index (χ3v) is 3.43. The van der Waals surface area contributed by atoms with Crippen LogP contribution in [-0.4, -0.2) is 57.3 Å². The van der Waals surface area contributed by atoms with E-state index in [-0.39, 0.29) is 6.61 Å². The van der Waals surface area contributed by atoms with Crippen LogP contribution in [0.3, 0.4) is 0 Å². The summed E-state index contributed by atoms with van der Waals surface area (Å²) in [5.74, 6) is 0. The molecule has 102 valence electrons. The first-order valence-electron chi connectivity index (χ1n) is 6.74. The second-order valence-electron chi connectivity index (χ2n) is 4.92. The Labute approximate surface area is 108 Å². The van der Waals surface area contributed by atoms with Crippen molar-refractivity contribution >= 4 is 0 Å². The molecule has 0 saturated carbocycles. The van der Waals surface area contributed by atoms with Crippen molar-refractivity contribution in [3.05, 3.63) is 11.9 Å². The number of hydrogen-bond donors (Lipinski definition) is 2. The van der Waals surface area contributed by atoms with E-state index in [0.29, 0.717) is 12.6 Å². The number of rotatable bonds is 7. The number of likely N-dealkylation sites (tertiary alicyclic amines) is 1. The minimum absolute atomic E-state index is 0.0994. The largest absolute Gasteiger partial charge is 0.394 e. The van der Waals surface area contributed by atoms with Gasteiger partial charge in [0.25, 0.3) is 0 Å². The van der Waals surface area contributed by atoms with Gasteiger partial charge in [-0.3, -0.25) is 4.90 Å². The zero-order valence-electron chi connectivity index (χ0n) is 11.0. The summed E-state index contributed by atoms with van der Waals surface area (Å²) in [5, 5.41) is 20.2. The van der Waals surface area contributed by atoms with Gasteiger partial charge in [-0.2, -0.15) is 0 Å². The summed E-state index contributed by atoms with van der Waals surface area (Å²) in [6.45, 7) is 7.06. The molecule has 0 amide bonds. The van der Waals surface area contributed by atoms with Crippen LogP contribution in [0.1, 0.15) is 25.5 Å². The molecule has 2 rings (SSSR count). The van der Waals surface area contributed by atoms with Crippen LogP contribution < -0.4 is 5.32 Å². The topological polar surface area (TPSA) is 66.2 Å². The summed E-state index contributed by atoms with van der Waals surface area (Å²) < 4.78 is 1.67. The predicted octanol–water partition coefficient (Wildman–Crippen LogP) is -0.156. The van der Waals surface area contributed by atoms with Crippen LogP contribution >= 0.6 is 0 Å². The van der Waals surface area contributed by atoms with E-state index in [1.165, 1.54) is 25.9 Å². The fourth-order valence-corrected chi connectivity index (χ4v) is 2.35. The van der Waals surface area contributed by atoms with Gasteiger partial charge in [0.2, 0.25) is 0 Å². The summed E-state index contributed by atoms with van der Waals surface area (Å²) in [6.07, 6.45) is 4.55. The van der Waals surface area contributed by atoms with Gasteiger partial charge in [0, 0.05) is 25.3 Å². The van der Waals surface area contributed by atoms with Crippen molar-refractivity contribution in [3.63, 3.8) is 0 Å². The number of nitrogens with one attached hydrogen (secondary N) is 1. The Hall–Kier alpha value is -0.980. The van der Waals surface area contributed by atoms with Gasteiger partial charge in [-0.1, -0.05) is 5.21 Å². The summed E-state index contributed by atoms with van der Waals surface area (Å²) >= 11 is 0. The van der Waals surface area contributed by atoms with Crippen LogP contribution in [0.15, 0.2) is 6.20 Å². The van der Waals surface area contributed by atoms with Crippen LogP contribution in [-0.2, 0) is 13.1 Å². The zero-order chi connectivity index (χ0) is 12.8. The summed E-state index contributed by atoms with van der Waals surface area (Å²) in [6, 6.07) is 0.583. The molecule has 1 aromatic rings. The van der Waals surface area contributed by atoms with Crippen molar-refractivity contribution in [3.8, 4) is 0 Å². The first-order chi connectivity index (χ1) is 8.79. The summed E-state index contributed by atoms with van der Waals surface area (Å²) in [7, 11) is 0. The third-order valence-electron chi connectivity index (χ3n) is 3.43. The molecule has 1 atom stereocenters. The second kappa shape index (κ2) is 6.82. The van der Waals surface area contributed by atoms with Crippen molar-refractivity contribution in [1.82, 2.24) is 25.2 Å². The molecule has 0 radical (unpaired) electrons. The van der Waals surface area contributed by atoms with Gasteiger partial charge >= 0.3 is 0 Å². The number of aliphatic hydroxyl groups excluding tert-OH is 1. The molecule has 1 fully saturated rings.